The molecule has 2 aromatic rings. The molecular weight excluding hydrogens is 291 g/mol. The number of hydrogen-bond donors (Lipinski definition) is 0. The largest absolute Gasteiger partial charge is 0.326 e. The highest BCUT2D eigenvalue weighted by atomic mass is 35.5. The van der Waals surface area contributed by atoms with Gasteiger partial charge in [-0.3, -0.25) is 0 Å². The van der Waals surface area contributed by atoms with Crippen LogP contribution in [0.1, 0.15) is 31.5 Å². The second kappa shape index (κ2) is 4.64. The molecule has 0 bridgehead atoms. The molecule has 4 heteroatoms. The van der Waals surface area contributed by atoms with Gasteiger partial charge < -0.3 is 4.57 Å². The van der Waals surface area contributed by atoms with Crippen molar-refractivity contribution in [2.45, 2.75) is 38.6 Å². The topological polar surface area (TPSA) is 17.8 Å². The highest BCUT2D eigenvalue weighted by molar-refractivity contribution is 6.35. The van der Waals surface area contributed by atoms with Crippen molar-refractivity contribution in [1.82, 2.24) is 9.55 Å². The molecule has 0 saturated heterocycles. The molecule has 0 amide bonds. The lowest BCUT2D eigenvalue weighted by Gasteiger charge is -2.18. The van der Waals surface area contributed by atoms with Crippen LogP contribution < -0.4 is 0 Å². The predicted octanol–water partition coefficient (Wildman–Crippen LogP) is 4.66. The Morgan fingerprint density at radius 1 is 1.30 bits per heavy atom. The standard InChI is InChI=1S/C16H18Cl2N2/c17-9-6-14-19-13-3-1-2-12(18)15(13)20(14)10-16(7-8-16)11-4-5-11/h1-3,11H,4-10H2. The number of halogens is 2. The number of alkyl halides is 1. The Morgan fingerprint density at radius 3 is 2.75 bits per heavy atom. The molecule has 2 aliphatic carbocycles. The molecule has 0 radical (unpaired) electrons. The van der Waals surface area contributed by atoms with Crippen molar-refractivity contribution in [3.8, 4) is 0 Å². The monoisotopic (exact) mass is 308 g/mol. The predicted molar refractivity (Wildman–Crippen MR) is 83.6 cm³/mol. The van der Waals surface area contributed by atoms with Crippen molar-refractivity contribution in [3.63, 3.8) is 0 Å². The summed E-state index contributed by atoms with van der Waals surface area (Å²) in [6.45, 7) is 1.07. The van der Waals surface area contributed by atoms with Gasteiger partial charge in [-0.05, 0) is 49.1 Å². The van der Waals surface area contributed by atoms with E-state index in [4.69, 9.17) is 28.2 Å². The zero-order valence-electron chi connectivity index (χ0n) is 11.4. The third-order valence-corrected chi connectivity index (χ3v) is 5.42. The van der Waals surface area contributed by atoms with Crippen LogP contribution in [0.25, 0.3) is 11.0 Å². The summed E-state index contributed by atoms with van der Waals surface area (Å²) in [6.07, 6.45) is 6.36. The third kappa shape index (κ3) is 2.05. The van der Waals surface area contributed by atoms with Crippen LogP contribution in [0.15, 0.2) is 18.2 Å². The van der Waals surface area contributed by atoms with Gasteiger partial charge in [-0.25, -0.2) is 4.98 Å². The van der Waals surface area contributed by atoms with Crippen LogP contribution in [0.4, 0.5) is 0 Å². The molecule has 2 saturated carbocycles. The van der Waals surface area contributed by atoms with Crippen molar-refractivity contribution in [1.29, 1.82) is 0 Å². The van der Waals surface area contributed by atoms with Crippen molar-refractivity contribution in [2.75, 3.05) is 5.88 Å². The van der Waals surface area contributed by atoms with Crippen molar-refractivity contribution < 1.29 is 0 Å². The first-order valence-electron chi connectivity index (χ1n) is 7.43. The van der Waals surface area contributed by atoms with Crippen molar-refractivity contribution in [2.24, 2.45) is 11.3 Å². The number of aryl methyl sites for hydroxylation is 1. The number of fused-ring (bicyclic) bond motifs is 1. The quantitative estimate of drug-likeness (QED) is 0.734. The Kier molecular flexibility index (Phi) is 3.01. The van der Waals surface area contributed by atoms with E-state index in [9.17, 15) is 0 Å². The number of aromatic nitrogens is 2. The molecule has 0 spiro atoms. The van der Waals surface area contributed by atoms with E-state index in [0.29, 0.717) is 11.3 Å². The number of para-hydroxylation sites is 1. The third-order valence-electron chi connectivity index (χ3n) is 4.92. The number of imidazole rings is 1. The summed E-state index contributed by atoms with van der Waals surface area (Å²) in [7, 11) is 0. The van der Waals surface area contributed by atoms with Crippen molar-refractivity contribution >= 4 is 34.2 Å². The van der Waals surface area contributed by atoms with Crippen LogP contribution in [-0.4, -0.2) is 15.4 Å². The first-order chi connectivity index (χ1) is 9.73. The van der Waals surface area contributed by atoms with E-state index in [0.717, 1.165) is 40.8 Å². The Balaban J connectivity index is 1.80. The summed E-state index contributed by atoms with van der Waals surface area (Å²) in [4.78, 5) is 4.75. The van der Waals surface area contributed by atoms with Gasteiger partial charge in [-0.1, -0.05) is 17.7 Å². The minimum atomic E-state index is 0.536. The fourth-order valence-corrected chi connectivity index (χ4v) is 3.94. The van der Waals surface area contributed by atoms with E-state index in [1.165, 1.54) is 25.7 Å². The molecule has 2 aliphatic rings. The zero-order chi connectivity index (χ0) is 13.7. The highest BCUT2D eigenvalue weighted by Crippen LogP contribution is 2.62. The molecule has 20 heavy (non-hydrogen) atoms. The summed E-state index contributed by atoms with van der Waals surface area (Å²) in [5.74, 6) is 2.64. The van der Waals surface area contributed by atoms with Gasteiger partial charge in [0.25, 0.3) is 0 Å². The molecule has 1 aromatic carbocycles. The summed E-state index contributed by atoms with van der Waals surface area (Å²) in [6, 6.07) is 5.98. The first-order valence-corrected chi connectivity index (χ1v) is 8.34. The molecular formula is C16H18Cl2N2. The Hall–Kier alpha value is -0.730. The minimum absolute atomic E-state index is 0.536. The van der Waals surface area contributed by atoms with Crippen LogP contribution in [0.2, 0.25) is 5.02 Å². The summed E-state index contributed by atoms with van der Waals surface area (Å²) >= 11 is 12.4. The maximum atomic E-state index is 6.43. The number of rotatable bonds is 5. The van der Waals surface area contributed by atoms with Crippen LogP contribution in [-0.2, 0) is 13.0 Å². The molecule has 0 aliphatic heterocycles. The molecule has 2 fully saturated rings. The number of nitrogens with zero attached hydrogens (tertiary/aromatic N) is 2. The summed E-state index contributed by atoms with van der Waals surface area (Å²) in [5.41, 5.74) is 2.64. The maximum Gasteiger partial charge on any atom is 0.111 e. The average molecular weight is 309 g/mol. The summed E-state index contributed by atoms with van der Waals surface area (Å²) in [5, 5.41) is 0.808. The van der Waals surface area contributed by atoms with E-state index >= 15 is 0 Å². The molecule has 1 aromatic heterocycles. The van der Waals surface area contributed by atoms with Crippen molar-refractivity contribution in [3.05, 3.63) is 29.0 Å². The fourth-order valence-electron chi connectivity index (χ4n) is 3.50. The molecule has 1 heterocycles. The van der Waals surface area contributed by atoms with E-state index in [1.807, 2.05) is 18.2 Å². The van der Waals surface area contributed by atoms with Gasteiger partial charge in [0, 0.05) is 18.8 Å². The molecule has 0 N–H and O–H groups in total. The maximum absolute atomic E-state index is 6.43. The van der Waals surface area contributed by atoms with Gasteiger partial charge >= 0.3 is 0 Å². The SMILES string of the molecule is ClCCc1nc2cccc(Cl)c2n1CC1(C2CC2)CC1. The van der Waals surface area contributed by atoms with E-state index in [2.05, 4.69) is 4.57 Å². The normalized spacial score (nSPS) is 20.5. The van der Waals surface area contributed by atoms with E-state index in [-0.39, 0.29) is 0 Å². The molecule has 2 nitrogen and oxygen atoms in total. The number of benzene rings is 1. The fraction of sp³-hybridized carbons (Fsp3) is 0.562. The second-order valence-corrected chi connectivity index (χ2v) is 7.08. The van der Waals surface area contributed by atoms with Gasteiger partial charge in [0.15, 0.2) is 0 Å². The lowest BCUT2D eigenvalue weighted by molar-refractivity contribution is 0.369. The first kappa shape index (κ1) is 13.0. The zero-order valence-corrected chi connectivity index (χ0v) is 12.9. The Labute approximate surface area is 129 Å². The smallest absolute Gasteiger partial charge is 0.111 e. The van der Waals surface area contributed by atoms with E-state index < -0.39 is 0 Å². The van der Waals surface area contributed by atoms with Gasteiger partial charge in [0.2, 0.25) is 0 Å². The second-order valence-electron chi connectivity index (χ2n) is 6.30. The molecule has 4 rings (SSSR count). The minimum Gasteiger partial charge on any atom is -0.326 e. The van der Waals surface area contributed by atoms with Gasteiger partial charge in [-0.15, -0.1) is 11.6 Å². The Morgan fingerprint density at radius 2 is 2.10 bits per heavy atom. The van der Waals surface area contributed by atoms with E-state index in [1.54, 1.807) is 0 Å². The van der Waals surface area contributed by atoms with Crippen LogP contribution in [0, 0.1) is 11.3 Å². The Bertz CT molecular complexity index is 654. The average Bonchev–Trinajstić information content (AvgIpc) is 3.31. The molecule has 0 unspecified atom stereocenters. The molecule has 106 valence electrons. The highest BCUT2D eigenvalue weighted by Gasteiger charge is 2.54. The summed E-state index contributed by atoms with van der Waals surface area (Å²) < 4.78 is 2.35. The van der Waals surface area contributed by atoms with Crippen LogP contribution in [0.5, 0.6) is 0 Å². The van der Waals surface area contributed by atoms with Gasteiger partial charge in [0.05, 0.1) is 16.1 Å². The van der Waals surface area contributed by atoms with Crippen LogP contribution in [0.3, 0.4) is 0 Å². The number of hydrogen-bond acceptors (Lipinski definition) is 1. The molecule has 0 atom stereocenters. The lowest BCUT2D eigenvalue weighted by Crippen LogP contribution is -2.16. The van der Waals surface area contributed by atoms with Gasteiger partial charge in [-0.2, -0.15) is 0 Å². The van der Waals surface area contributed by atoms with Gasteiger partial charge in [0.1, 0.15) is 5.82 Å². The van der Waals surface area contributed by atoms with Crippen LogP contribution >= 0.6 is 23.2 Å². The lowest BCUT2D eigenvalue weighted by atomic mass is 10.0.